The van der Waals surface area contributed by atoms with Gasteiger partial charge in [-0.05, 0) is 210 Å². The fourth-order valence-electron chi connectivity index (χ4n) is 13.8. The van der Waals surface area contributed by atoms with Gasteiger partial charge >= 0.3 is 0 Å². The van der Waals surface area contributed by atoms with Gasteiger partial charge in [-0.3, -0.25) is 0 Å². The van der Waals surface area contributed by atoms with Gasteiger partial charge in [-0.1, -0.05) is 181 Å². The van der Waals surface area contributed by atoms with E-state index in [9.17, 15) is 0 Å². The Labute approximate surface area is 554 Å². The normalized spacial score (nSPS) is 12.2. The molecule has 4 heterocycles. The van der Waals surface area contributed by atoms with E-state index in [4.69, 9.17) is 18.2 Å². The summed E-state index contributed by atoms with van der Waals surface area (Å²) in [5.74, 6) is 3.20. The van der Waals surface area contributed by atoms with Gasteiger partial charge in [-0.25, -0.2) is 0 Å². The smallest absolute Gasteiger partial charge is 0.152 e. The van der Waals surface area contributed by atoms with E-state index < -0.39 is 0 Å². The van der Waals surface area contributed by atoms with Gasteiger partial charge in [0, 0.05) is 44.8 Å². The van der Waals surface area contributed by atoms with Crippen molar-refractivity contribution in [1.29, 1.82) is 0 Å². The van der Waals surface area contributed by atoms with Gasteiger partial charge in [-0.15, -0.1) is 0 Å². The highest BCUT2D eigenvalue weighted by Gasteiger charge is 2.29. The maximum Gasteiger partial charge on any atom is 0.152 e. The molecule has 0 radical (unpaired) electrons. The number of aromatic nitrogens is 3. The lowest BCUT2D eigenvalue weighted by molar-refractivity contribution is 0.477. The van der Waals surface area contributed by atoms with E-state index in [-0.39, 0.29) is 0 Å². The summed E-state index contributed by atoms with van der Waals surface area (Å²) in [6.07, 6.45) is 0. The second-order valence-corrected chi connectivity index (χ2v) is 25.0. The van der Waals surface area contributed by atoms with Gasteiger partial charge in [0.1, 0.15) is 11.0 Å². The van der Waals surface area contributed by atoms with Crippen molar-refractivity contribution in [3.8, 4) is 84.3 Å². The number of rotatable bonds is 11. The van der Waals surface area contributed by atoms with Gasteiger partial charge < -0.3 is 28.7 Å². The summed E-state index contributed by atoms with van der Waals surface area (Å²) >= 11 is 1.24. The van der Waals surface area contributed by atoms with Crippen molar-refractivity contribution in [3.05, 3.63) is 327 Å². The second kappa shape index (κ2) is 22.8. The molecule has 0 unspecified atom stereocenters. The molecule has 8 nitrogen and oxygen atoms in total. The lowest BCUT2D eigenvalue weighted by Crippen LogP contribution is -2.15. The summed E-state index contributed by atoms with van der Waals surface area (Å²) in [5, 5.41) is 2.42. The molecule has 18 rings (SSSR count). The Morgan fingerprint density at radius 2 is 0.695 bits per heavy atom. The second-order valence-electron chi connectivity index (χ2n) is 24.4. The van der Waals surface area contributed by atoms with Gasteiger partial charge in [0.25, 0.3) is 0 Å². The number of fused-ring (bicyclic) bond motifs is 8. The minimum absolute atomic E-state index is 0.792. The van der Waals surface area contributed by atoms with E-state index in [1.807, 2.05) is 36.4 Å². The Balaban J connectivity index is 0.714. The standard InChI is InChI=1S/C86H58N6O2S/c1-55-21-25-57(26-22-55)62-35-46-74-72(51-62)73-52-63(58-27-23-56(2)24-28-58)36-47-75(73)90(74)70-43-33-61(34-44-70)71-45-50-80(86-85(71)87-95-88-86)89(68-39-29-59(30-40-68)64-37-48-78-83(53-64)93-81-19-11-9-17-76(81)91(78)66-13-5-3-6-14-66)69-41-31-60(32-42-69)65-38-49-79-84(54-65)94-82-20-12-10-18-77(82)92(79)67-15-7-4-8-16-67/h3-54H,1-2H3. The van der Waals surface area contributed by atoms with Crippen LogP contribution in [0, 0.1) is 13.8 Å². The molecule has 0 saturated heterocycles. The van der Waals surface area contributed by atoms with Crippen LogP contribution in [-0.2, 0) is 0 Å². The zero-order valence-electron chi connectivity index (χ0n) is 51.9. The minimum atomic E-state index is 0.792. The van der Waals surface area contributed by atoms with Crippen LogP contribution >= 0.6 is 11.7 Å². The van der Waals surface area contributed by atoms with Crippen LogP contribution in [0.3, 0.4) is 0 Å². The fraction of sp³-hybridized carbons (Fsp3) is 0.0233. The highest BCUT2D eigenvalue weighted by Crippen LogP contribution is 2.54. The molecule has 0 bridgehead atoms. The third-order valence-corrected chi connectivity index (χ3v) is 19.1. The maximum atomic E-state index is 6.67. The molecule has 16 aromatic rings. The molecule has 2 aromatic heterocycles. The highest BCUT2D eigenvalue weighted by atomic mass is 32.1. The van der Waals surface area contributed by atoms with Crippen LogP contribution in [0.4, 0.5) is 51.2 Å². The summed E-state index contributed by atoms with van der Waals surface area (Å²) in [6.45, 7) is 4.27. The molecule has 2 aliphatic rings. The number of para-hydroxylation sites is 6. The quantitative estimate of drug-likeness (QED) is 0.128. The number of hydrogen-bond acceptors (Lipinski definition) is 8. The number of benzene rings is 14. The molecular weight excluding hydrogens is 1180 g/mol. The molecule has 0 aliphatic carbocycles. The monoisotopic (exact) mass is 1240 g/mol. The molecule has 14 aromatic carbocycles. The largest absolute Gasteiger partial charge is 0.453 e. The van der Waals surface area contributed by atoms with E-state index >= 15 is 0 Å². The van der Waals surface area contributed by atoms with Crippen LogP contribution in [0.2, 0.25) is 0 Å². The van der Waals surface area contributed by atoms with Crippen LogP contribution in [0.1, 0.15) is 11.1 Å². The van der Waals surface area contributed by atoms with Crippen LogP contribution in [0.25, 0.3) is 94.2 Å². The first kappa shape index (κ1) is 55.5. The van der Waals surface area contributed by atoms with Crippen molar-refractivity contribution in [3.63, 3.8) is 0 Å². The van der Waals surface area contributed by atoms with Gasteiger partial charge in [0.15, 0.2) is 23.0 Å². The SMILES string of the molecule is Cc1ccc(-c2ccc3c(c2)c2cc(-c4ccc(C)cc4)ccc2n3-c2ccc(-c3ccc(N(c4ccc(-c5ccc6c(c5)Oc5ccccc5N6c5ccccc5)cc4)c4ccc(-c5ccc6c(c5)Oc5ccccc5N6c5ccccc5)cc4)c4nsnc34)cc2)cc1. The van der Waals surface area contributed by atoms with E-state index in [2.05, 4.69) is 312 Å². The van der Waals surface area contributed by atoms with Crippen molar-refractivity contribution < 1.29 is 9.47 Å². The molecule has 0 fully saturated rings. The third-order valence-electron chi connectivity index (χ3n) is 18.6. The van der Waals surface area contributed by atoms with Crippen molar-refractivity contribution in [1.82, 2.24) is 13.3 Å². The molecule has 0 spiro atoms. The molecule has 95 heavy (non-hydrogen) atoms. The van der Waals surface area contributed by atoms with Crippen molar-refractivity contribution in [2.75, 3.05) is 14.7 Å². The Hall–Kier alpha value is -12.3. The Bertz CT molecular complexity index is 5330. The number of ether oxygens (including phenoxy) is 2. The topological polar surface area (TPSA) is 58.9 Å². The zero-order valence-corrected chi connectivity index (χ0v) is 52.7. The van der Waals surface area contributed by atoms with Gasteiger partial charge in [0.2, 0.25) is 0 Å². The average Bonchev–Trinajstić information content (AvgIpc) is 1.75. The summed E-state index contributed by atoms with van der Waals surface area (Å²) in [4.78, 5) is 6.84. The molecular formula is C86H58N6O2S. The molecule has 0 N–H and O–H groups in total. The van der Waals surface area contributed by atoms with Gasteiger partial charge in [-0.2, -0.15) is 8.75 Å². The Morgan fingerprint density at radius 1 is 0.305 bits per heavy atom. The van der Waals surface area contributed by atoms with Crippen molar-refractivity contribution >= 4 is 95.8 Å². The summed E-state index contributed by atoms with van der Waals surface area (Å²) in [5.41, 5.74) is 27.5. The predicted octanol–water partition coefficient (Wildman–Crippen LogP) is 24.4. The lowest BCUT2D eigenvalue weighted by atomic mass is 9.99. The van der Waals surface area contributed by atoms with Gasteiger partial charge in [0.05, 0.1) is 51.2 Å². The molecule has 0 saturated carbocycles. The molecule has 0 atom stereocenters. The Kier molecular flexibility index (Phi) is 13.3. The summed E-state index contributed by atoms with van der Waals surface area (Å²) < 4.78 is 25.9. The Morgan fingerprint density at radius 3 is 1.18 bits per heavy atom. The summed E-state index contributed by atoms with van der Waals surface area (Å²) in [7, 11) is 0. The number of hydrogen-bond donors (Lipinski definition) is 0. The predicted molar refractivity (Wildman–Crippen MR) is 393 cm³/mol. The van der Waals surface area contributed by atoms with Crippen LogP contribution < -0.4 is 24.2 Å². The lowest BCUT2D eigenvalue weighted by Gasteiger charge is -2.33. The molecule has 9 heteroatoms. The zero-order chi connectivity index (χ0) is 63.1. The first-order valence-electron chi connectivity index (χ1n) is 32.0. The number of anilines is 9. The third kappa shape index (κ3) is 9.75. The van der Waals surface area contributed by atoms with Crippen LogP contribution in [-0.4, -0.2) is 13.3 Å². The average molecular weight is 1240 g/mol. The molecule has 0 amide bonds. The van der Waals surface area contributed by atoms with E-state index in [1.54, 1.807) is 0 Å². The molecule has 2 aliphatic heterocycles. The summed E-state index contributed by atoms with van der Waals surface area (Å²) in [6, 6.07) is 113. The van der Waals surface area contributed by atoms with Crippen molar-refractivity contribution in [2.45, 2.75) is 13.8 Å². The minimum Gasteiger partial charge on any atom is -0.453 e. The van der Waals surface area contributed by atoms with E-state index in [0.717, 1.165) is 135 Å². The maximum absolute atomic E-state index is 6.67. The highest BCUT2D eigenvalue weighted by molar-refractivity contribution is 7.00. The fourth-order valence-corrected chi connectivity index (χ4v) is 14.4. The first-order chi connectivity index (χ1) is 46.9. The van der Waals surface area contributed by atoms with Crippen molar-refractivity contribution in [2.24, 2.45) is 0 Å². The van der Waals surface area contributed by atoms with Crippen LogP contribution in [0.15, 0.2) is 315 Å². The van der Waals surface area contributed by atoms with E-state index in [1.165, 1.54) is 55.9 Å². The number of aryl methyl sites for hydroxylation is 2. The molecule has 450 valence electrons. The van der Waals surface area contributed by atoms with Crippen LogP contribution in [0.5, 0.6) is 23.0 Å². The first-order valence-corrected chi connectivity index (χ1v) is 32.7. The number of nitrogens with zero attached hydrogens (tertiary/aromatic N) is 6. The van der Waals surface area contributed by atoms with E-state index in [0.29, 0.717) is 0 Å².